The number of benzene rings is 1. The van der Waals surface area contributed by atoms with E-state index in [2.05, 4.69) is 0 Å². The Bertz CT molecular complexity index is 419. The Kier molecular flexibility index (Phi) is 4.15. The number of anilines is 1. The molecule has 7 nitrogen and oxygen atoms in total. The molecule has 1 aromatic carbocycles. The van der Waals surface area contributed by atoms with Crippen molar-refractivity contribution in [3.63, 3.8) is 0 Å². The Morgan fingerprint density at radius 2 is 1.71 bits per heavy atom. The van der Waals surface area contributed by atoms with Crippen molar-refractivity contribution >= 4 is 17.6 Å². The summed E-state index contributed by atoms with van der Waals surface area (Å²) in [5, 5.41) is 14.8. The Morgan fingerprint density at radius 1 is 1.12 bits per heavy atom. The molecule has 1 aliphatic heterocycles. The fraction of sp³-hybridized carbons (Fsp3) is 0.200. The van der Waals surface area contributed by atoms with Crippen LogP contribution in [-0.2, 0) is 9.59 Å². The van der Waals surface area contributed by atoms with E-state index in [1.807, 2.05) is 12.1 Å². The average Bonchev–Trinajstić information content (AvgIpc) is 2.30. The predicted molar refractivity (Wildman–Crippen MR) is 57.1 cm³/mol. The molecule has 1 heterocycles. The van der Waals surface area contributed by atoms with Crippen LogP contribution in [-0.4, -0.2) is 35.4 Å². The first-order chi connectivity index (χ1) is 8.02. The van der Waals surface area contributed by atoms with Crippen molar-refractivity contribution in [2.75, 3.05) is 18.9 Å². The summed E-state index contributed by atoms with van der Waals surface area (Å²) in [6.45, 7) is 1.19. The number of hydrogen-bond donors (Lipinski definition) is 3. The molecule has 0 spiro atoms. The van der Waals surface area contributed by atoms with Crippen LogP contribution >= 0.6 is 0 Å². The molecule has 0 unspecified atom stereocenters. The largest absolute Gasteiger partial charge is 0.486 e. The second kappa shape index (κ2) is 5.59. The molecule has 0 radical (unpaired) electrons. The summed E-state index contributed by atoms with van der Waals surface area (Å²) in [5.41, 5.74) is 6.28. The van der Waals surface area contributed by atoms with E-state index >= 15 is 0 Å². The second-order valence-corrected chi connectivity index (χ2v) is 2.98. The van der Waals surface area contributed by atoms with E-state index in [4.69, 9.17) is 35.0 Å². The molecule has 0 amide bonds. The smallest absolute Gasteiger partial charge is 0.414 e. The van der Waals surface area contributed by atoms with Crippen molar-refractivity contribution in [2.45, 2.75) is 0 Å². The number of ether oxygens (including phenoxy) is 2. The van der Waals surface area contributed by atoms with E-state index in [0.717, 1.165) is 5.75 Å². The van der Waals surface area contributed by atoms with Crippen molar-refractivity contribution in [2.24, 2.45) is 0 Å². The average molecular weight is 241 g/mol. The van der Waals surface area contributed by atoms with Crippen LogP contribution in [0.5, 0.6) is 11.5 Å². The first kappa shape index (κ1) is 12.6. The maximum absolute atomic E-state index is 9.10. The van der Waals surface area contributed by atoms with Crippen molar-refractivity contribution in [3.8, 4) is 11.5 Å². The highest BCUT2D eigenvalue weighted by atomic mass is 16.6. The first-order valence-electron chi connectivity index (χ1n) is 4.62. The second-order valence-electron chi connectivity index (χ2n) is 2.98. The molecule has 7 heteroatoms. The third-order valence-corrected chi connectivity index (χ3v) is 1.78. The molecule has 92 valence electrons. The molecule has 1 aromatic rings. The van der Waals surface area contributed by atoms with E-state index in [1.165, 1.54) is 0 Å². The summed E-state index contributed by atoms with van der Waals surface area (Å²) in [4.78, 5) is 18.2. The van der Waals surface area contributed by atoms with Gasteiger partial charge < -0.3 is 25.4 Å². The lowest BCUT2D eigenvalue weighted by Gasteiger charge is -2.19. The van der Waals surface area contributed by atoms with E-state index in [1.54, 1.807) is 6.07 Å². The van der Waals surface area contributed by atoms with Crippen molar-refractivity contribution < 1.29 is 29.3 Å². The lowest BCUT2D eigenvalue weighted by Crippen LogP contribution is -2.16. The quantitative estimate of drug-likeness (QED) is 0.438. The van der Waals surface area contributed by atoms with E-state index in [0.29, 0.717) is 24.7 Å². The van der Waals surface area contributed by atoms with Crippen molar-refractivity contribution in [1.29, 1.82) is 0 Å². The predicted octanol–water partition coefficient (Wildman–Crippen LogP) is 0.196. The number of carbonyl (C=O) groups is 2. The monoisotopic (exact) mass is 241 g/mol. The van der Waals surface area contributed by atoms with Crippen LogP contribution in [0.2, 0.25) is 0 Å². The van der Waals surface area contributed by atoms with Crippen LogP contribution in [0.15, 0.2) is 18.2 Å². The third-order valence-electron chi connectivity index (χ3n) is 1.78. The lowest BCUT2D eigenvalue weighted by atomic mass is 10.2. The number of fused-ring (bicyclic) bond motifs is 1. The molecule has 0 saturated heterocycles. The van der Waals surface area contributed by atoms with Crippen LogP contribution in [0.4, 0.5) is 5.69 Å². The molecule has 0 aromatic heterocycles. The van der Waals surface area contributed by atoms with Gasteiger partial charge in [-0.3, -0.25) is 0 Å². The number of para-hydroxylation sites is 1. The zero-order valence-electron chi connectivity index (χ0n) is 8.75. The Morgan fingerprint density at radius 3 is 2.24 bits per heavy atom. The zero-order chi connectivity index (χ0) is 12.8. The summed E-state index contributed by atoms with van der Waals surface area (Å²) < 4.78 is 10.6. The number of aliphatic carboxylic acids is 2. The zero-order valence-corrected chi connectivity index (χ0v) is 8.75. The molecule has 1 aliphatic rings. The molecule has 0 saturated carbocycles. The van der Waals surface area contributed by atoms with E-state index in [-0.39, 0.29) is 0 Å². The minimum absolute atomic E-state index is 0.585. The number of rotatable bonds is 0. The first-order valence-corrected chi connectivity index (χ1v) is 4.62. The van der Waals surface area contributed by atoms with Crippen LogP contribution in [0, 0.1) is 0 Å². The van der Waals surface area contributed by atoms with Gasteiger partial charge in [0.15, 0.2) is 11.5 Å². The number of nitrogens with two attached hydrogens (primary N) is 1. The topological polar surface area (TPSA) is 119 Å². The Balaban J connectivity index is 0.000000209. The van der Waals surface area contributed by atoms with Gasteiger partial charge in [0.1, 0.15) is 13.2 Å². The third kappa shape index (κ3) is 3.56. The fourth-order valence-electron chi connectivity index (χ4n) is 1.10. The molecule has 0 bridgehead atoms. The van der Waals surface area contributed by atoms with Crippen LogP contribution in [0.3, 0.4) is 0 Å². The van der Waals surface area contributed by atoms with Gasteiger partial charge in [0.25, 0.3) is 0 Å². The number of carboxylic acids is 2. The molecule has 2 rings (SSSR count). The minimum atomic E-state index is -1.82. The van der Waals surface area contributed by atoms with Crippen LogP contribution in [0.1, 0.15) is 0 Å². The van der Waals surface area contributed by atoms with Gasteiger partial charge in [-0.05, 0) is 12.1 Å². The number of carboxylic acid groups (broad SMARTS) is 2. The van der Waals surface area contributed by atoms with Gasteiger partial charge in [0.2, 0.25) is 0 Å². The molecular formula is C10H11NO6. The summed E-state index contributed by atoms with van der Waals surface area (Å²) in [6.07, 6.45) is 0. The van der Waals surface area contributed by atoms with E-state index in [9.17, 15) is 0 Å². The maximum Gasteiger partial charge on any atom is 0.414 e. The van der Waals surface area contributed by atoms with Crippen molar-refractivity contribution in [1.82, 2.24) is 0 Å². The Hall–Kier alpha value is -2.44. The molecule has 4 N–H and O–H groups in total. The van der Waals surface area contributed by atoms with Gasteiger partial charge in [-0.2, -0.15) is 0 Å². The van der Waals surface area contributed by atoms with Gasteiger partial charge in [-0.25, -0.2) is 9.59 Å². The molecule has 17 heavy (non-hydrogen) atoms. The SMILES string of the molecule is Nc1cccc2c1OCCO2.O=C(O)C(=O)O. The maximum atomic E-state index is 9.10. The van der Waals surface area contributed by atoms with Gasteiger partial charge >= 0.3 is 11.9 Å². The van der Waals surface area contributed by atoms with Crippen LogP contribution in [0.25, 0.3) is 0 Å². The van der Waals surface area contributed by atoms with Gasteiger partial charge in [0.05, 0.1) is 5.69 Å². The van der Waals surface area contributed by atoms with Gasteiger partial charge in [-0.1, -0.05) is 6.07 Å². The summed E-state index contributed by atoms with van der Waals surface area (Å²) in [7, 11) is 0. The summed E-state index contributed by atoms with van der Waals surface area (Å²) >= 11 is 0. The molecule has 0 atom stereocenters. The van der Waals surface area contributed by atoms with Crippen molar-refractivity contribution in [3.05, 3.63) is 18.2 Å². The highest BCUT2D eigenvalue weighted by molar-refractivity contribution is 6.27. The van der Waals surface area contributed by atoms with Crippen LogP contribution < -0.4 is 15.2 Å². The molecular weight excluding hydrogens is 230 g/mol. The summed E-state index contributed by atoms with van der Waals surface area (Å²) in [6, 6.07) is 5.50. The summed E-state index contributed by atoms with van der Waals surface area (Å²) in [5.74, 6) is -2.22. The number of hydrogen-bond acceptors (Lipinski definition) is 5. The standard InChI is InChI=1S/C8H9NO2.C2H2O4/c9-6-2-1-3-7-8(6)11-5-4-10-7;3-1(4)2(5)6/h1-3H,4-5,9H2;(H,3,4)(H,5,6). The van der Waals surface area contributed by atoms with E-state index < -0.39 is 11.9 Å². The minimum Gasteiger partial charge on any atom is -0.486 e. The highest BCUT2D eigenvalue weighted by Crippen LogP contribution is 2.34. The number of nitrogen functional groups attached to an aromatic ring is 1. The molecule has 0 aliphatic carbocycles. The lowest BCUT2D eigenvalue weighted by molar-refractivity contribution is -0.159. The van der Waals surface area contributed by atoms with Gasteiger partial charge in [-0.15, -0.1) is 0 Å². The highest BCUT2D eigenvalue weighted by Gasteiger charge is 2.12. The normalized spacial score (nSPS) is 12.0. The fourth-order valence-corrected chi connectivity index (χ4v) is 1.10. The Labute approximate surface area is 96.4 Å². The van der Waals surface area contributed by atoms with Gasteiger partial charge in [0, 0.05) is 0 Å². The molecule has 0 fully saturated rings.